The molecule has 0 saturated heterocycles. The molecule has 0 bridgehead atoms. The molecule has 0 aliphatic carbocycles. The fraction of sp³-hybridized carbons (Fsp3) is 0.308. The number of benzene rings is 1. The molecule has 0 amide bonds. The molecule has 1 rings (SSSR count). The Morgan fingerprint density at radius 3 is 2.65 bits per heavy atom. The van der Waals surface area contributed by atoms with Crippen LogP contribution in [-0.4, -0.2) is 20.2 Å². The first-order chi connectivity index (χ1) is 8.06. The normalized spacial score (nSPS) is 10.9. The van der Waals surface area contributed by atoms with E-state index in [0.29, 0.717) is 5.70 Å². The van der Waals surface area contributed by atoms with Crippen LogP contribution in [0.5, 0.6) is 5.75 Å². The van der Waals surface area contributed by atoms with E-state index in [2.05, 4.69) is 10.1 Å². The lowest BCUT2D eigenvalue weighted by atomic mass is 10.2. The van der Waals surface area contributed by atoms with Gasteiger partial charge in [0.05, 0.1) is 19.9 Å². The van der Waals surface area contributed by atoms with Crippen molar-refractivity contribution < 1.29 is 14.3 Å². The molecule has 0 spiro atoms. The second-order valence-electron chi connectivity index (χ2n) is 3.68. The van der Waals surface area contributed by atoms with Crippen LogP contribution in [0.15, 0.2) is 30.0 Å². The Morgan fingerprint density at radius 1 is 1.35 bits per heavy atom. The molecule has 0 heterocycles. The number of allylic oxidation sites excluding steroid dienone is 1. The van der Waals surface area contributed by atoms with Crippen molar-refractivity contribution in [3.8, 4) is 5.75 Å². The van der Waals surface area contributed by atoms with E-state index in [9.17, 15) is 4.79 Å². The molecule has 0 fully saturated rings. The number of hydrogen-bond donors (Lipinski definition) is 1. The molecule has 0 aromatic heterocycles. The molecule has 0 radical (unpaired) electrons. The number of anilines is 1. The minimum atomic E-state index is -0.387. The van der Waals surface area contributed by atoms with Crippen LogP contribution >= 0.6 is 0 Å². The highest BCUT2D eigenvalue weighted by Crippen LogP contribution is 2.26. The van der Waals surface area contributed by atoms with Gasteiger partial charge in [0.25, 0.3) is 0 Å². The van der Waals surface area contributed by atoms with Gasteiger partial charge in [0.15, 0.2) is 0 Å². The standard InChI is InChI=1S/C13H17NO3/c1-9-5-6-12(16-3)11(7-9)14-10(2)8-13(15)17-4/h5-8,14H,1-4H3. The summed E-state index contributed by atoms with van der Waals surface area (Å²) < 4.78 is 9.78. The van der Waals surface area contributed by atoms with Crippen molar-refractivity contribution in [3.05, 3.63) is 35.5 Å². The van der Waals surface area contributed by atoms with Crippen LogP contribution in [-0.2, 0) is 9.53 Å². The van der Waals surface area contributed by atoms with E-state index < -0.39 is 0 Å². The summed E-state index contributed by atoms with van der Waals surface area (Å²) in [5, 5.41) is 3.10. The predicted molar refractivity (Wildman–Crippen MR) is 67.1 cm³/mol. The third-order valence-electron chi connectivity index (χ3n) is 2.22. The summed E-state index contributed by atoms with van der Waals surface area (Å²) in [4.78, 5) is 11.1. The van der Waals surface area contributed by atoms with E-state index >= 15 is 0 Å². The SMILES string of the molecule is COC(=O)C=C(C)Nc1cc(C)ccc1OC. The highest BCUT2D eigenvalue weighted by atomic mass is 16.5. The maximum atomic E-state index is 11.1. The molecule has 0 atom stereocenters. The van der Waals surface area contributed by atoms with Crippen LogP contribution < -0.4 is 10.1 Å². The summed E-state index contributed by atoms with van der Waals surface area (Å²) >= 11 is 0. The van der Waals surface area contributed by atoms with Crippen molar-refractivity contribution >= 4 is 11.7 Å². The number of hydrogen-bond acceptors (Lipinski definition) is 4. The van der Waals surface area contributed by atoms with E-state index in [1.807, 2.05) is 25.1 Å². The van der Waals surface area contributed by atoms with Gasteiger partial charge in [-0.15, -0.1) is 0 Å². The molecule has 0 unspecified atom stereocenters. The lowest BCUT2D eigenvalue weighted by molar-refractivity contribution is -0.134. The number of rotatable bonds is 4. The summed E-state index contributed by atoms with van der Waals surface area (Å²) in [6.07, 6.45) is 1.39. The zero-order valence-corrected chi connectivity index (χ0v) is 10.5. The number of carbonyl (C=O) groups is 1. The number of methoxy groups -OCH3 is 2. The molecule has 0 saturated carbocycles. The molecular weight excluding hydrogens is 218 g/mol. The van der Waals surface area contributed by atoms with Gasteiger partial charge in [0, 0.05) is 11.8 Å². The topological polar surface area (TPSA) is 47.6 Å². The van der Waals surface area contributed by atoms with Crippen molar-refractivity contribution in [1.82, 2.24) is 0 Å². The molecule has 0 aliphatic heterocycles. The zero-order chi connectivity index (χ0) is 12.8. The Labute approximate surface area is 101 Å². The van der Waals surface area contributed by atoms with Gasteiger partial charge in [-0.2, -0.15) is 0 Å². The van der Waals surface area contributed by atoms with Crippen molar-refractivity contribution in [2.45, 2.75) is 13.8 Å². The average molecular weight is 235 g/mol. The van der Waals surface area contributed by atoms with Crippen LogP contribution in [0, 0.1) is 6.92 Å². The Morgan fingerprint density at radius 2 is 2.06 bits per heavy atom. The van der Waals surface area contributed by atoms with Crippen LogP contribution in [0.25, 0.3) is 0 Å². The maximum Gasteiger partial charge on any atom is 0.332 e. The van der Waals surface area contributed by atoms with Gasteiger partial charge in [-0.3, -0.25) is 0 Å². The number of ether oxygens (including phenoxy) is 2. The number of carbonyl (C=O) groups excluding carboxylic acids is 1. The smallest absolute Gasteiger partial charge is 0.332 e. The van der Waals surface area contributed by atoms with Crippen LogP contribution in [0.2, 0.25) is 0 Å². The van der Waals surface area contributed by atoms with Gasteiger partial charge < -0.3 is 14.8 Å². The first-order valence-corrected chi connectivity index (χ1v) is 5.24. The molecule has 17 heavy (non-hydrogen) atoms. The molecule has 1 aromatic rings. The van der Waals surface area contributed by atoms with E-state index in [-0.39, 0.29) is 5.97 Å². The van der Waals surface area contributed by atoms with E-state index in [4.69, 9.17) is 4.74 Å². The second-order valence-corrected chi connectivity index (χ2v) is 3.68. The second kappa shape index (κ2) is 5.94. The molecular formula is C13H17NO3. The molecule has 1 aromatic carbocycles. The monoisotopic (exact) mass is 235 g/mol. The maximum absolute atomic E-state index is 11.1. The fourth-order valence-electron chi connectivity index (χ4n) is 1.40. The molecule has 0 aliphatic rings. The lowest BCUT2D eigenvalue weighted by Gasteiger charge is -2.12. The van der Waals surface area contributed by atoms with Gasteiger partial charge in [-0.1, -0.05) is 6.07 Å². The molecule has 92 valence electrons. The van der Waals surface area contributed by atoms with Crippen molar-refractivity contribution in [3.63, 3.8) is 0 Å². The van der Waals surface area contributed by atoms with Crippen molar-refractivity contribution in [1.29, 1.82) is 0 Å². The molecule has 1 N–H and O–H groups in total. The Bertz CT molecular complexity index is 438. The summed E-state index contributed by atoms with van der Waals surface area (Å²) in [6.45, 7) is 3.78. The Balaban J connectivity index is 2.90. The van der Waals surface area contributed by atoms with E-state index in [1.54, 1.807) is 14.0 Å². The quantitative estimate of drug-likeness (QED) is 0.643. The summed E-state index contributed by atoms with van der Waals surface area (Å²) in [7, 11) is 2.95. The fourth-order valence-corrected chi connectivity index (χ4v) is 1.40. The third kappa shape index (κ3) is 3.83. The minimum absolute atomic E-state index is 0.387. The van der Waals surface area contributed by atoms with Crippen LogP contribution in [0.1, 0.15) is 12.5 Å². The summed E-state index contributed by atoms with van der Waals surface area (Å²) in [6, 6.07) is 5.79. The van der Waals surface area contributed by atoms with Gasteiger partial charge in [-0.25, -0.2) is 4.79 Å². The van der Waals surface area contributed by atoms with Crippen LogP contribution in [0.3, 0.4) is 0 Å². The van der Waals surface area contributed by atoms with Gasteiger partial charge in [0.2, 0.25) is 0 Å². The first-order valence-electron chi connectivity index (χ1n) is 5.24. The zero-order valence-electron chi connectivity index (χ0n) is 10.5. The predicted octanol–water partition coefficient (Wildman–Crippen LogP) is 2.49. The Kier molecular flexibility index (Phi) is 4.57. The lowest BCUT2D eigenvalue weighted by Crippen LogP contribution is -2.03. The summed E-state index contributed by atoms with van der Waals surface area (Å²) in [5.74, 6) is 0.342. The third-order valence-corrected chi connectivity index (χ3v) is 2.22. The largest absolute Gasteiger partial charge is 0.495 e. The number of nitrogens with one attached hydrogen (secondary N) is 1. The Hall–Kier alpha value is -1.97. The van der Waals surface area contributed by atoms with Crippen molar-refractivity contribution in [2.75, 3.05) is 19.5 Å². The molecule has 4 heteroatoms. The number of esters is 1. The van der Waals surface area contributed by atoms with Crippen molar-refractivity contribution in [2.24, 2.45) is 0 Å². The van der Waals surface area contributed by atoms with Gasteiger partial charge >= 0.3 is 5.97 Å². The van der Waals surface area contributed by atoms with Gasteiger partial charge in [0.1, 0.15) is 5.75 Å². The van der Waals surface area contributed by atoms with Gasteiger partial charge in [-0.05, 0) is 31.5 Å². The highest BCUT2D eigenvalue weighted by Gasteiger charge is 2.04. The average Bonchev–Trinajstić information content (AvgIpc) is 2.29. The molecule has 4 nitrogen and oxygen atoms in total. The highest BCUT2D eigenvalue weighted by molar-refractivity contribution is 5.83. The van der Waals surface area contributed by atoms with E-state index in [0.717, 1.165) is 17.0 Å². The first kappa shape index (κ1) is 13.1. The van der Waals surface area contributed by atoms with Crippen LogP contribution in [0.4, 0.5) is 5.69 Å². The number of aryl methyl sites for hydroxylation is 1. The summed E-state index contributed by atoms with van der Waals surface area (Å²) in [5.41, 5.74) is 2.63. The minimum Gasteiger partial charge on any atom is -0.495 e. The van der Waals surface area contributed by atoms with E-state index in [1.165, 1.54) is 13.2 Å².